The molecule has 0 heterocycles. The molecule has 0 aromatic carbocycles. The van der Waals surface area contributed by atoms with Gasteiger partial charge in [-0.05, 0) is 52.4 Å². The molecule has 0 aromatic rings. The second-order valence-electron chi connectivity index (χ2n) is 4.80. The maximum atomic E-state index is 3.65. The molecule has 0 saturated heterocycles. The molecule has 0 aliphatic heterocycles. The molecule has 2 heteroatoms. The Morgan fingerprint density at radius 1 is 1.29 bits per heavy atom. The maximum Gasteiger partial charge on any atom is 0.0107 e. The fourth-order valence-electron chi connectivity index (χ4n) is 2.52. The third-order valence-electron chi connectivity index (χ3n) is 3.32. The van der Waals surface area contributed by atoms with E-state index in [-0.39, 0.29) is 0 Å². The Morgan fingerprint density at radius 2 is 1.93 bits per heavy atom. The van der Waals surface area contributed by atoms with Crippen molar-refractivity contribution in [3.63, 3.8) is 0 Å². The van der Waals surface area contributed by atoms with Crippen molar-refractivity contribution in [3.05, 3.63) is 0 Å². The van der Waals surface area contributed by atoms with Gasteiger partial charge in [0.1, 0.15) is 0 Å². The Kier molecular flexibility index (Phi) is 5.49. The van der Waals surface area contributed by atoms with Crippen molar-refractivity contribution in [2.75, 3.05) is 27.2 Å². The molecule has 0 spiro atoms. The molecular weight excluding hydrogens is 172 g/mol. The first kappa shape index (κ1) is 12.0. The van der Waals surface area contributed by atoms with Crippen molar-refractivity contribution in [3.8, 4) is 0 Å². The zero-order valence-corrected chi connectivity index (χ0v) is 10.1. The second kappa shape index (κ2) is 6.41. The van der Waals surface area contributed by atoms with Crippen molar-refractivity contribution in [1.82, 2.24) is 10.2 Å². The molecule has 1 fully saturated rings. The topological polar surface area (TPSA) is 15.3 Å². The van der Waals surface area contributed by atoms with Gasteiger partial charge >= 0.3 is 0 Å². The molecule has 1 unspecified atom stereocenters. The summed E-state index contributed by atoms with van der Waals surface area (Å²) in [5, 5.41) is 3.65. The van der Waals surface area contributed by atoms with Crippen LogP contribution in [0.5, 0.6) is 0 Å². The van der Waals surface area contributed by atoms with Crippen LogP contribution in [0.3, 0.4) is 0 Å². The minimum absolute atomic E-state index is 0.768. The molecular formula is C12H26N2. The second-order valence-corrected chi connectivity index (χ2v) is 4.80. The third kappa shape index (κ3) is 3.97. The summed E-state index contributed by atoms with van der Waals surface area (Å²) in [4.78, 5) is 2.29. The first-order valence-corrected chi connectivity index (χ1v) is 6.12. The van der Waals surface area contributed by atoms with E-state index in [9.17, 15) is 0 Å². The van der Waals surface area contributed by atoms with Crippen molar-refractivity contribution >= 4 is 0 Å². The van der Waals surface area contributed by atoms with E-state index in [1.54, 1.807) is 0 Å². The van der Waals surface area contributed by atoms with Gasteiger partial charge in [-0.25, -0.2) is 0 Å². The highest BCUT2D eigenvalue weighted by Gasteiger charge is 2.23. The van der Waals surface area contributed by atoms with E-state index in [0.717, 1.165) is 18.5 Å². The fourth-order valence-corrected chi connectivity index (χ4v) is 2.52. The fraction of sp³-hybridized carbons (Fsp3) is 1.00. The highest BCUT2D eigenvalue weighted by Crippen LogP contribution is 2.28. The zero-order valence-electron chi connectivity index (χ0n) is 10.1. The van der Waals surface area contributed by atoms with Gasteiger partial charge in [-0.3, -0.25) is 0 Å². The molecule has 2 nitrogen and oxygen atoms in total. The molecule has 0 amide bonds. The average molecular weight is 198 g/mol. The van der Waals surface area contributed by atoms with Crippen LogP contribution >= 0.6 is 0 Å². The Morgan fingerprint density at radius 3 is 2.43 bits per heavy atom. The summed E-state index contributed by atoms with van der Waals surface area (Å²) in [6.45, 7) is 4.56. The number of nitrogens with zero attached hydrogens (tertiary/aromatic N) is 1. The van der Waals surface area contributed by atoms with Gasteiger partial charge in [0.05, 0.1) is 0 Å². The number of hydrogen-bond donors (Lipinski definition) is 1. The molecule has 0 aromatic heterocycles. The van der Waals surface area contributed by atoms with Gasteiger partial charge in [0, 0.05) is 6.04 Å². The normalized spacial score (nSPS) is 20.6. The van der Waals surface area contributed by atoms with E-state index in [1.165, 1.54) is 38.6 Å². The summed E-state index contributed by atoms with van der Waals surface area (Å²) in [6, 6.07) is 0.768. The highest BCUT2D eigenvalue weighted by molar-refractivity contribution is 4.80. The van der Waals surface area contributed by atoms with E-state index in [4.69, 9.17) is 0 Å². The van der Waals surface area contributed by atoms with Crippen molar-refractivity contribution in [2.45, 2.75) is 45.1 Å². The van der Waals surface area contributed by atoms with Crippen LogP contribution in [-0.2, 0) is 0 Å². The molecule has 0 bridgehead atoms. The van der Waals surface area contributed by atoms with Gasteiger partial charge in [-0.15, -0.1) is 0 Å². The highest BCUT2D eigenvalue weighted by atomic mass is 15.1. The van der Waals surface area contributed by atoms with Crippen LogP contribution in [-0.4, -0.2) is 38.1 Å². The molecule has 14 heavy (non-hydrogen) atoms. The van der Waals surface area contributed by atoms with Gasteiger partial charge in [0.2, 0.25) is 0 Å². The van der Waals surface area contributed by atoms with Crippen molar-refractivity contribution < 1.29 is 0 Å². The number of hydrogen-bond acceptors (Lipinski definition) is 2. The Balaban J connectivity index is 2.29. The molecule has 1 saturated carbocycles. The monoisotopic (exact) mass is 198 g/mol. The summed E-state index contributed by atoms with van der Waals surface area (Å²) in [5.41, 5.74) is 0. The maximum absolute atomic E-state index is 3.65. The van der Waals surface area contributed by atoms with Crippen LogP contribution < -0.4 is 5.32 Å². The summed E-state index contributed by atoms with van der Waals surface area (Å²) in [5.74, 6) is 0.954. The Bertz CT molecular complexity index is 139. The van der Waals surface area contributed by atoms with E-state index < -0.39 is 0 Å². The SMILES string of the molecule is CCNC(CCN(C)C)C1CCCC1. The zero-order chi connectivity index (χ0) is 10.4. The Hall–Kier alpha value is -0.0800. The van der Waals surface area contributed by atoms with Crippen molar-refractivity contribution in [1.29, 1.82) is 0 Å². The predicted molar refractivity (Wildman–Crippen MR) is 62.6 cm³/mol. The lowest BCUT2D eigenvalue weighted by Crippen LogP contribution is -2.37. The largest absolute Gasteiger partial charge is 0.314 e. The summed E-state index contributed by atoms with van der Waals surface area (Å²) < 4.78 is 0. The minimum atomic E-state index is 0.768. The van der Waals surface area contributed by atoms with E-state index >= 15 is 0 Å². The number of nitrogens with one attached hydrogen (secondary N) is 1. The lowest BCUT2D eigenvalue weighted by atomic mass is 9.95. The number of rotatable bonds is 6. The minimum Gasteiger partial charge on any atom is -0.314 e. The van der Waals surface area contributed by atoms with Crippen LogP contribution in [0.15, 0.2) is 0 Å². The standard InChI is InChI=1S/C12H26N2/c1-4-13-12(9-10-14(2)3)11-7-5-6-8-11/h11-13H,4-10H2,1-3H3. The quantitative estimate of drug-likeness (QED) is 0.703. The predicted octanol–water partition coefficient (Wildman–Crippen LogP) is 2.11. The van der Waals surface area contributed by atoms with E-state index in [0.29, 0.717) is 0 Å². The molecule has 84 valence electrons. The lowest BCUT2D eigenvalue weighted by Gasteiger charge is -2.25. The van der Waals surface area contributed by atoms with Crippen LogP contribution in [0.4, 0.5) is 0 Å². The molecule has 0 radical (unpaired) electrons. The molecule has 1 N–H and O–H groups in total. The first-order chi connectivity index (χ1) is 6.74. The summed E-state index contributed by atoms with van der Waals surface area (Å²) in [7, 11) is 4.33. The van der Waals surface area contributed by atoms with Gasteiger partial charge in [-0.2, -0.15) is 0 Å². The lowest BCUT2D eigenvalue weighted by molar-refractivity contribution is 0.298. The summed E-state index contributed by atoms with van der Waals surface area (Å²) in [6.07, 6.45) is 7.12. The molecule has 1 aliphatic carbocycles. The van der Waals surface area contributed by atoms with E-state index in [2.05, 4.69) is 31.2 Å². The summed E-state index contributed by atoms with van der Waals surface area (Å²) >= 11 is 0. The molecule has 1 aliphatic rings. The van der Waals surface area contributed by atoms with Crippen LogP contribution in [0.2, 0.25) is 0 Å². The van der Waals surface area contributed by atoms with Gasteiger partial charge in [-0.1, -0.05) is 19.8 Å². The van der Waals surface area contributed by atoms with Gasteiger partial charge in [0.15, 0.2) is 0 Å². The van der Waals surface area contributed by atoms with E-state index in [1.807, 2.05) is 0 Å². The average Bonchev–Trinajstić information content (AvgIpc) is 2.64. The molecule has 1 atom stereocenters. The van der Waals surface area contributed by atoms with Gasteiger partial charge < -0.3 is 10.2 Å². The molecule has 1 rings (SSSR count). The van der Waals surface area contributed by atoms with Crippen LogP contribution in [0.1, 0.15) is 39.0 Å². The third-order valence-corrected chi connectivity index (χ3v) is 3.32. The van der Waals surface area contributed by atoms with Crippen LogP contribution in [0.25, 0.3) is 0 Å². The van der Waals surface area contributed by atoms with Crippen molar-refractivity contribution in [2.24, 2.45) is 5.92 Å². The van der Waals surface area contributed by atoms with Gasteiger partial charge in [0.25, 0.3) is 0 Å². The first-order valence-electron chi connectivity index (χ1n) is 6.12. The van der Waals surface area contributed by atoms with Crippen LogP contribution in [0, 0.1) is 5.92 Å². The smallest absolute Gasteiger partial charge is 0.0107 e. The Labute approximate surface area is 89.1 Å².